The molecule has 1 amide bonds. The van der Waals surface area contributed by atoms with E-state index in [2.05, 4.69) is 4.37 Å². The predicted octanol–water partition coefficient (Wildman–Crippen LogP) is 1.51. The molecule has 1 aromatic rings. The van der Waals surface area contributed by atoms with Crippen molar-refractivity contribution in [1.82, 2.24) is 9.27 Å². The van der Waals surface area contributed by atoms with Gasteiger partial charge < -0.3 is 20.5 Å². The number of carbonyl (C=O) groups excluding carboxylic acids is 1. The molecular formula is C13H21N3O3S. The lowest BCUT2D eigenvalue weighted by Gasteiger charge is -2.30. The lowest BCUT2D eigenvalue weighted by Crippen LogP contribution is -2.45. The largest absolute Gasteiger partial charge is 0.444 e. The van der Waals surface area contributed by atoms with E-state index in [4.69, 9.17) is 10.5 Å². The van der Waals surface area contributed by atoms with Gasteiger partial charge in [0.25, 0.3) is 0 Å². The zero-order valence-electron chi connectivity index (χ0n) is 12.0. The molecule has 1 fully saturated rings. The average molecular weight is 299 g/mol. The van der Waals surface area contributed by atoms with Crippen LogP contribution in [0.25, 0.3) is 0 Å². The number of rotatable bonds is 2. The number of ether oxygens (including phenoxy) is 1. The summed E-state index contributed by atoms with van der Waals surface area (Å²) in [6.07, 6.45) is 1.68. The van der Waals surface area contributed by atoms with Gasteiger partial charge in [0, 0.05) is 23.7 Å². The van der Waals surface area contributed by atoms with Crippen LogP contribution in [-0.2, 0) is 4.74 Å². The van der Waals surface area contributed by atoms with Gasteiger partial charge in [-0.1, -0.05) is 0 Å². The van der Waals surface area contributed by atoms with Crippen molar-refractivity contribution >= 4 is 17.6 Å². The zero-order valence-corrected chi connectivity index (χ0v) is 12.8. The maximum Gasteiger partial charge on any atom is 0.410 e. The Bertz CT molecular complexity index is 472. The molecule has 0 spiro atoms. The highest BCUT2D eigenvalue weighted by atomic mass is 32.1. The van der Waals surface area contributed by atoms with Crippen LogP contribution in [0.3, 0.4) is 0 Å². The summed E-state index contributed by atoms with van der Waals surface area (Å²) in [5.74, 6) is 0. The van der Waals surface area contributed by atoms with E-state index in [9.17, 15) is 9.90 Å². The van der Waals surface area contributed by atoms with Crippen molar-refractivity contribution in [3.8, 4) is 0 Å². The first kappa shape index (κ1) is 15.2. The molecule has 0 saturated carbocycles. The molecule has 1 saturated heterocycles. The molecule has 0 aliphatic carbocycles. The van der Waals surface area contributed by atoms with E-state index >= 15 is 0 Å². The second-order valence-electron chi connectivity index (χ2n) is 6.19. The van der Waals surface area contributed by atoms with Crippen LogP contribution in [0.4, 0.5) is 4.79 Å². The molecule has 3 N–H and O–H groups in total. The van der Waals surface area contributed by atoms with Crippen molar-refractivity contribution in [2.24, 2.45) is 5.73 Å². The SMILES string of the molecule is CC(C)(C)OC(=O)N1CCC(O)(C(N)c2cnsc2)C1. The molecule has 0 radical (unpaired) electrons. The molecule has 1 aliphatic rings. The molecule has 6 nitrogen and oxygen atoms in total. The molecule has 1 aromatic heterocycles. The van der Waals surface area contributed by atoms with Gasteiger partial charge in [-0.25, -0.2) is 9.17 Å². The Morgan fingerprint density at radius 2 is 2.35 bits per heavy atom. The monoisotopic (exact) mass is 299 g/mol. The molecule has 7 heteroatoms. The molecule has 0 aromatic carbocycles. The van der Waals surface area contributed by atoms with Crippen LogP contribution in [0.1, 0.15) is 38.8 Å². The van der Waals surface area contributed by atoms with E-state index in [1.165, 1.54) is 16.4 Å². The summed E-state index contributed by atoms with van der Waals surface area (Å²) < 4.78 is 9.30. The average Bonchev–Trinajstić information content (AvgIpc) is 2.95. The van der Waals surface area contributed by atoms with Gasteiger partial charge in [-0.15, -0.1) is 0 Å². The maximum atomic E-state index is 12.0. The third-order valence-corrected chi connectivity index (χ3v) is 3.93. The highest BCUT2D eigenvalue weighted by Crippen LogP contribution is 2.33. The minimum atomic E-state index is -1.13. The predicted molar refractivity (Wildman–Crippen MR) is 76.4 cm³/mol. The highest BCUT2D eigenvalue weighted by Gasteiger charge is 2.44. The molecule has 2 atom stereocenters. The van der Waals surface area contributed by atoms with E-state index in [-0.39, 0.29) is 6.54 Å². The topological polar surface area (TPSA) is 88.7 Å². The fourth-order valence-corrected chi connectivity index (χ4v) is 2.80. The van der Waals surface area contributed by atoms with Crippen LogP contribution in [0.5, 0.6) is 0 Å². The first-order chi connectivity index (χ1) is 9.21. The summed E-state index contributed by atoms with van der Waals surface area (Å²) in [7, 11) is 0. The van der Waals surface area contributed by atoms with Crippen molar-refractivity contribution in [3.63, 3.8) is 0 Å². The lowest BCUT2D eigenvalue weighted by atomic mass is 9.90. The van der Waals surface area contributed by atoms with Gasteiger partial charge in [-0.2, -0.15) is 0 Å². The number of β-amino-alcohol motifs (C(OH)–C–C–N with tert-alkyl or cyclic N) is 1. The fourth-order valence-electron chi connectivity index (χ4n) is 2.23. The van der Waals surface area contributed by atoms with Crippen molar-refractivity contribution in [3.05, 3.63) is 17.1 Å². The zero-order chi connectivity index (χ0) is 15.0. The number of carbonyl (C=O) groups is 1. The summed E-state index contributed by atoms with van der Waals surface area (Å²) in [6, 6.07) is -0.548. The molecule has 2 unspecified atom stereocenters. The van der Waals surface area contributed by atoms with E-state index in [0.29, 0.717) is 13.0 Å². The summed E-state index contributed by atoms with van der Waals surface area (Å²) in [5, 5.41) is 12.5. The van der Waals surface area contributed by atoms with Gasteiger partial charge in [-0.3, -0.25) is 0 Å². The van der Waals surface area contributed by atoms with E-state index < -0.39 is 23.3 Å². The summed E-state index contributed by atoms with van der Waals surface area (Å²) in [5.41, 5.74) is 5.23. The van der Waals surface area contributed by atoms with Crippen molar-refractivity contribution < 1.29 is 14.6 Å². The third kappa shape index (κ3) is 3.28. The van der Waals surface area contributed by atoms with Gasteiger partial charge in [0.1, 0.15) is 11.2 Å². The van der Waals surface area contributed by atoms with Gasteiger partial charge in [0.05, 0.1) is 12.6 Å². The second-order valence-corrected chi connectivity index (χ2v) is 6.85. The molecule has 2 rings (SSSR count). The van der Waals surface area contributed by atoms with Gasteiger partial charge in [-0.05, 0) is 38.7 Å². The Balaban J connectivity index is 2.02. The van der Waals surface area contributed by atoms with E-state index in [0.717, 1.165) is 5.56 Å². The van der Waals surface area contributed by atoms with Crippen LogP contribution in [-0.4, -0.2) is 44.8 Å². The Hall–Kier alpha value is -1.18. The number of aromatic nitrogens is 1. The summed E-state index contributed by atoms with van der Waals surface area (Å²) in [4.78, 5) is 13.5. The summed E-state index contributed by atoms with van der Waals surface area (Å²) >= 11 is 1.29. The number of nitrogens with zero attached hydrogens (tertiary/aromatic N) is 2. The van der Waals surface area contributed by atoms with Crippen LogP contribution in [0, 0.1) is 0 Å². The minimum Gasteiger partial charge on any atom is -0.444 e. The first-order valence-corrected chi connectivity index (χ1v) is 7.40. The normalized spacial score (nSPS) is 24.8. The molecule has 20 heavy (non-hydrogen) atoms. The maximum absolute atomic E-state index is 12.0. The minimum absolute atomic E-state index is 0.179. The van der Waals surface area contributed by atoms with Crippen molar-refractivity contribution in [2.75, 3.05) is 13.1 Å². The first-order valence-electron chi connectivity index (χ1n) is 6.56. The van der Waals surface area contributed by atoms with Gasteiger partial charge in [0.2, 0.25) is 0 Å². The molecular weight excluding hydrogens is 278 g/mol. The second kappa shape index (κ2) is 5.31. The Kier molecular flexibility index (Phi) is 4.04. The van der Waals surface area contributed by atoms with Crippen LogP contribution in [0.15, 0.2) is 11.6 Å². The number of amides is 1. The summed E-state index contributed by atoms with van der Waals surface area (Å²) in [6.45, 7) is 6.07. The molecule has 2 heterocycles. The fraction of sp³-hybridized carbons (Fsp3) is 0.692. The van der Waals surface area contributed by atoms with Crippen LogP contribution >= 0.6 is 11.5 Å². The standard InChI is InChI=1S/C13H21N3O3S/c1-12(2,3)19-11(17)16-5-4-13(18,8-16)10(14)9-6-15-20-7-9/h6-7,10,18H,4-5,8,14H2,1-3H3. The highest BCUT2D eigenvalue weighted by molar-refractivity contribution is 7.03. The smallest absolute Gasteiger partial charge is 0.410 e. The number of aliphatic hydroxyl groups is 1. The lowest BCUT2D eigenvalue weighted by molar-refractivity contribution is 0.00511. The Labute approximate surface area is 122 Å². The van der Waals surface area contributed by atoms with Gasteiger partial charge >= 0.3 is 6.09 Å². The van der Waals surface area contributed by atoms with Crippen LogP contribution < -0.4 is 5.73 Å². The van der Waals surface area contributed by atoms with E-state index in [1.54, 1.807) is 6.20 Å². The molecule has 112 valence electrons. The molecule has 1 aliphatic heterocycles. The van der Waals surface area contributed by atoms with Crippen LogP contribution in [0.2, 0.25) is 0 Å². The number of nitrogens with two attached hydrogens (primary N) is 1. The van der Waals surface area contributed by atoms with E-state index in [1.807, 2.05) is 26.2 Å². The Morgan fingerprint density at radius 1 is 1.65 bits per heavy atom. The third-order valence-electron chi connectivity index (χ3n) is 3.32. The van der Waals surface area contributed by atoms with Crippen molar-refractivity contribution in [1.29, 1.82) is 0 Å². The number of likely N-dealkylation sites (tertiary alicyclic amines) is 1. The van der Waals surface area contributed by atoms with Crippen molar-refractivity contribution in [2.45, 2.75) is 44.4 Å². The number of hydrogen-bond acceptors (Lipinski definition) is 6. The molecule has 0 bridgehead atoms. The number of hydrogen-bond donors (Lipinski definition) is 2. The Morgan fingerprint density at radius 3 is 2.90 bits per heavy atom. The van der Waals surface area contributed by atoms with Gasteiger partial charge in [0.15, 0.2) is 0 Å². The quantitative estimate of drug-likeness (QED) is 0.864.